The van der Waals surface area contributed by atoms with E-state index in [2.05, 4.69) is 0 Å². The van der Waals surface area contributed by atoms with E-state index in [1.165, 1.54) is 14.2 Å². The number of benzene rings is 2. The van der Waals surface area contributed by atoms with Crippen LogP contribution in [0.2, 0.25) is 0 Å². The van der Waals surface area contributed by atoms with Crippen molar-refractivity contribution >= 4 is 11.9 Å². The van der Waals surface area contributed by atoms with Gasteiger partial charge in [0.25, 0.3) is 0 Å². The van der Waals surface area contributed by atoms with Crippen LogP contribution in [0.1, 0.15) is 36.8 Å². The van der Waals surface area contributed by atoms with E-state index < -0.39 is 12.0 Å². The predicted molar refractivity (Wildman–Crippen MR) is 131 cm³/mol. The molecule has 0 aliphatic carbocycles. The Balaban J connectivity index is 1.46. The monoisotopic (exact) mass is 497 g/mol. The van der Waals surface area contributed by atoms with Crippen molar-refractivity contribution in [2.24, 2.45) is 5.92 Å². The number of nitrogens with zero attached hydrogens (tertiary/aromatic N) is 1. The summed E-state index contributed by atoms with van der Waals surface area (Å²) < 4.78 is 22.4. The molecule has 4 rings (SSSR count). The van der Waals surface area contributed by atoms with E-state index in [0.717, 1.165) is 24.0 Å². The standard InChI is InChI=1S/C28H35NO7/c1-32-26(30)16-15-24-27(28(31)33-2)23-14-13-22(29(23)36-24)25(35-18-21-11-7-4-8-12-21)19-34-17-20-9-5-3-6-10-20/h3-12,22-25,27H,13-19H2,1-2H3/t22-,23-,24+,25+,27-/m0/s1. The van der Waals surface area contributed by atoms with Crippen LogP contribution >= 0.6 is 0 Å². The molecule has 2 aromatic rings. The second kappa shape index (κ2) is 13.0. The molecule has 0 saturated carbocycles. The maximum Gasteiger partial charge on any atom is 0.313 e. The first-order valence-corrected chi connectivity index (χ1v) is 12.5. The third kappa shape index (κ3) is 6.50. The number of rotatable bonds is 12. The highest BCUT2D eigenvalue weighted by molar-refractivity contribution is 5.74. The van der Waals surface area contributed by atoms with Crippen molar-refractivity contribution in [3.8, 4) is 0 Å². The van der Waals surface area contributed by atoms with Crippen molar-refractivity contribution in [3.05, 3.63) is 71.8 Å². The molecule has 2 aliphatic heterocycles. The highest BCUT2D eigenvalue weighted by Crippen LogP contribution is 2.42. The zero-order valence-electron chi connectivity index (χ0n) is 20.9. The number of fused-ring (bicyclic) bond motifs is 1. The van der Waals surface area contributed by atoms with Gasteiger partial charge in [0.1, 0.15) is 5.92 Å². The molecular weight excluding hydrogens is 462 g/mol. The first-order valence-electron chi connectivity index (χ1n) is 12.5. The van der Waals surface area contributed by atoms with Crippen molar-refractivity contribution < 1.29 is 33.4 Å². The summed E-state index contributed by atoms with van der Waals surface area (Å²) >= 11 is 0. The Morgan fingerprint density at radius 2 is 1.61 bits per heavy atom. The zero-order valence-corrected chi connectivity index (χ0v) is 20.9. The number of hydroxylamine groups is 2. The molecule has 2 aliphatic rings. The molecule has 2 fully saturated rings. The lowest BCUT2D eigenvalue weighted by Crippen LogP contribution is -2.44. The Morgan fingerprint density at radius 3 is 2.25 bits per heavy atom. The fourth-order valence-corrected chi connectivity index (χ4v) is 5.11. The van der Waals surface area contributed by atoms with E-state index in [-0.39, 0.29) is 36.5 Å². The van der Waals surface area contributed by atoms with E-state index in [0.29, 0.717) is 26.2 Å². The van der Waals surface area contributed by atoms with Crippen molar-refractivity contribution in [3.63, 3.8) is 0 Å². The summed E-state index contributed by atoms with van der Waals surface area (Å²) in [4.78, 5) is 30.8. The minimum absolute atomic E-state index is 0.0928. The normalized spacial score (nSPS) is 24.3. The maximum absolute atomic E-state index is 12.7. The van der Waals surface area contributed by atoms with Gasteiger partial charge in [0.05, 0.1) is 58.3 Å². The second-order valence-corrected chi connectivity index (χ2v) is 9.22. The molecule has 0 bridgehead atoms. The van der Waals surface area contributed by atoms with Crippen molar-refractivity contribution in [1.82, 2.24) is 5.06 Å². The lowest BCUT2D eigenvalue weighted by atomic mass is 9.91. The second-order valence-electron chi connectivity index (χ2n) is 9.22. The van der Waals surface area contributed by atoms with E-state index in [1.54, 1.807) is 0 Å². The van der Waals surface area contributed by atoms with E-state index in [9.17, 15) is 9.59 Å². The third-order valence-corrected chi connectivity index (χ3v) is 6.95. The van der Waals surface area contributed by atoms with E-state index >= 15 is 0 Å². The molecule has 2 aromatic carbocycles. The van der Waals surface area contributed by atoms with Crippen LogP contribution in [-0.2, 0) is 46.6 Å². The molecule has 0 spiro atoms. The average Bonchev–Trinajstić information content (AvgIpc) is 3.49. The van der Waals surface area contributed by atoms with Gasteiger partial charge in [-0.05, 0) is 30.4 Å². The number of esters is 2. The highest BCUT2D eigenvalue weighted by Gasteiger charge is 2.54. The predicted octanol–water partition coefficient (Wildman–Crippen LogP) is 3.68. The fourth-order valence-electron chi connectivity index (χ4n) is 5.11. The molecular formula is C28H35NO7. The number of carbonyl (C=O) groups is 2. The Labute approximate surface area is 212 Å². The molecule has 0 unspecified atom stereocenters. The zero-order chi connectivity index (χ0) is 25.3. The van der Waals surface area contributed by atoms with Crippen LogP contribution in [-0.4, -0.2) is 62.1 Å². The number of methoxy groups -OCH3 is 2. The molecule has 0 amide bonds. The van der Waals surface area contributed by atoms with Crippen LogP contribution in [0.3, 0.4) is 0 Å². The molecule has 0 aromatic heterocycles. The number of hydrogen-bond donors (Lipinski definition) is 0. The maximum atomic E-state index is 12.7. The molecule has 194 valence electrons. The number of hydrogen-bond acceptors (Lipinski definition) is 8. The average molecular weight is 498 g/mol. The van der Waals surface area contributed by atoms with Crippen LogP contribution < -0.4 is 0 Å². The van der Waals surface area contributed by atoms with Gasteiger partial charge in [-0.25, -0.2) is 0 Å². The smallest absolute Gasteiger partial charge is 0.313 e. The molecule has 8 heteroatoms. The van der Waals surface area contributed by atoms with E-state index in [1.807, 2.05) is 65.7 Å². The summed E-state index contributed by atoms with van der Waals surface area (Å²) in [5, 5.41) is 1.91. The van der Waals surface area contributed by atoms with Crippen LogP contribution in [0.15, 0.2) is 60.7 Å². The lowest BCUT2D eigenvalue weighted by Gasteiger charge is -2.30. The minimum atomic E-state index is -0.468. The van der Waals surface area contributed by atoms with Gasteiger partial charge in [0.2, 0.25) is 0 Å². The van der Waals surface area contributed by atoms with Crippen LogP contribution in [0.25, 0.3) is 0 Å². The van der Waals surface area contributed by atoms with Crippen LogP contribution in [0, 0.1) is 5.92 Å². The minimum Gasteiger partial charge on any atom is -0.469 e. The Kier molecular flexibility index (Phi) is 9.47. The quantitative estimate of drug-likeness (QED) is 0.411. The molecule has 0 radical (unpaired) electrons. The van der Waals surface area contributed by atoms with Gasteiger partial charge >= 0.3 is 11.9 Å². The van der Waals surface area contributed by atoms with Crippen molar-refractivity contribution in [2.45, 2.75) is 63.2 Å². The Hall–Kier alpha value is -2.78. The first-order chi connectivity index (χ1) is 17.6. The fraction of sp³-hybridized carbons (Fsp3) is 0.500. The van der Waals surface area contributed by atoms with E-state index in [4.69, 9.17) is 23.8 Å². The van der Waals surface area contributed by atoms with Gasteiger partial charge < -0.3 is 18.9 Å². The van der Waals surface area contributed by atoms with Gasteiger partial charge in [-0.2, -0.15) is 5.06 Å². The van der Waals surface area contributed by atoms with Gasteiger partial charge in [-0.1, -0.05) is 60.7 Å². The number of ether oxygens (including phenoxy) is 4. The summed E-state index contributed by atoms with van der Waals surface area (Å²) in [6.45, 7) is 1.31. The molecule has 5 atom stereocenters. The largest absolute Gasteiger partial charge is 0.469 e. The SMILES string of the molecule is COC(=O)CC[C@H]1ON2[C@@H](CC[C@H]2[C@@H](COCc2ccccc2)OCc2ccccc2)[C@@H]1C(=O)OC. The first kappa shape index (κ1) is 26.3. The Morgan fingerprint density at radius 1 is 0.944 bits per heavy atom. The molecule has 36 heavy (non-hydrogen) atoms. The van der Waals surface area contributed by atoms with Crippen molar-refractivity contribution in [2.75, 3.05) is 20.8 Å². The van der Waals surface area contributed by atoms with Gasteiger partial charge in [-0.3, -0.25) is 14.4 Å². The van der Waals surface area contributed by atoms with Crippen LogP contribution in [0.4, 0.5) is 0 Å². The summed E-state index contributed by atoms with van der Waals surface area (Å²) in [7, 11) is 2.74. The molecule has 8 nitrogen and oxygen atoms in total. The summed E-state index contributed by atoms with van der Waals surface area (Å²) in [5.74, 6) is -1.12. The third-order valence-electron chi connectivity index (χ3n) is 6.95. The lowest BCUT2D eigenvalue weighted by molar-refractivity contribution is -0.206. The Bertz CT molecular complexity index is 970. The van der Waals surface area contributed by atoms with Crippen LogP contribution in [0.5, 0.6) is 0 Å². The molecule has 2 saturated heterocycles. The van der Waals surface area contributed by atoms with Gasteiger partial charge in [0.15, 0.2) is 0 Å². The topological polar surface area (TPSA) is 83.5 Å². The summed E-state index contributed by atoms with van der Waals surface area (Å²) in [6.07, 6.45) is 1.40. The van der Waals surface area contributed by atoms with Crippen molar-refractivity contribution in [1.29, 1.82) is 0 Å². The molecule has 0 N–H and O–H groups in total. The molecule has 2 heterocycles. The van der Waals surface area contributed by atoms with Gasteiger partial charge in [0, 0.05) is 6.42 Å². The highest BCUT2D eigenvalue weighted by atomic mass is 16.7. The number of carbonyl (C=O) groups excluding carboxylic acids is 2. The summed E-state index contributed by atoms with van der Waals surface area (Å²) in [5.41, 5.74) is 2.17. The summed E-state index contributed by atoms with van der Waals surface area (Å²) in [6, 6.07) is 19.8. The van der Waals surface area contributed by atoms with Gasteiger partial charge in [-0.15, -0.1) is 0 Å².